The average Bonchev–Trinajstić information content (AvgIpc) is 2.66. The highest BCUT2D eigenvalue weighted by atomic mass is 16.5. The lowest BCUT2D eigenvalue weighted by atomic mass is 10.0. The third-order valence-corrected chi connectivity index (χ3v) is 4.82. The van der Waals surface area contributed by atoms with Crippen molar-refractivity contribution in [2.45, 2.75) is 39.0 Å². The van der Waals surface area contributed by atoms with Crippen LogP contribution in [0.3, 0.4) is 0 Å². The molecule has 1 aromatic heterocycles. The van der Waals surface area contributed by atoms with Gasteiger partial charge < -0.3 is 14.6 Å². The standard InChI is InChI=1S/C20H25N3O4/c1-14-6-5-11-23(12-14)18(24)13-27-19(25)10-4-9-17-21-16-8-3-2-7-15(16)20(26)22-17/h2-3,7-8,14H,4-6,9-13H2,1H3,(H,21,22,26). The van der Waals surface area contributed by atoms with Crippen LogP contribution in [-0.2, 0) is 20.7 Å². The molecule has 1 aromatic carbocycles. The van der Waals surface area contributed by atoms with E-state index in [0.29, 0.717) is 35.5 Å². The summed E-state index contributed by atoms with van der Waals surface area (Å²) in [5.41, 5.74) is 0.458. The van der Waals surface area contributed by atoms with Gasteiger partial charge in [-0.05, 0) is 37.3 Å². The lowest BCUT2D eigenvalue weighted by molar-refractivity contribution is -0.152. The number of hydrogen-bond acceptors (Lipinski definition) is 5. The smallest absolute Gasteiger partial charge is 0.306 e. The van der Waals surface area contributed by atoms with Crippen molar-refractivity contribution in [1.82, 2.24) is 14.9 Å². The van der Waals surface area contributed by atoms with Gasteiger partial charge in [0.05, 0.1) is 10.9 Å². The minimum atomic E-state index is -0.406. The molecule has 1 fully saturated rings. The maximum atomic E-state index is 12.1. The Balaban J connectivity index is 1.43. The Morgan fingerprint density at radius 1 is 1.33 bits per heavy atom. The van der Waals surface area contributed by atoms with Gasteiger partial charge in [0.2, 0.25) is 0 Å². The molecule has 1 aliphatic rings. The van der Waals surface area contributed by atoms with Crippen molar-refractivity contribution >= 4 is 22.8 Å². The molecule has 1 aliphatic heterocycles. The number of nitrogens with one attached hydrogen (secondary N) is 1. The Morgan fingerprint density at radius 3 is 2.96 bits per heavy atom. The molecule has 27 heavy (non-hydrogen) atoms. The number of piperidine rings is 1. The number of aryl methyl sites for hydroxylation is 1. The molecule has 1 atom stereocenters. The van der Waals surface area contributed by atoms with Gasteiger partial charge in [0.15, 0.2) is 6.61 Å². The number of amides is 1. The number of para-hydroxylation sites is 1. The summed E-state index contributed by atoms with van der Waals surface area (Å²) < 4.78 is 5.10. The van der Waals surface area contributed by atoms with Crippen molar-refractivity contribution in [3.8, 4) is 0 Å². The van der Waals surface area contributed by atoms with Crippen LogP contribution in [-0.4, -0.2) is 46.4 Å². The van der Waals surface area contributed by atoms with E-state index in [9.17, 15) is 14.4 Å². The number of carbonyl (C=O) groups excluding carboxylic acids is 2. The van der Waals surface area contributed by atoms with E-state index in [4.69, 9.17) is 4.74 Å². The number of nitrogens with zero attached hydrogens (tertiary/aromatic N) is 2. The zero-order valence-electron chi connectivity index (χ0n) is 15.6. The van der Waals surface area contributed by atoms with E-state index in [0.717, 1.165) is 25.9 Å². The van der Waals surface area contributed by atoms with E-state index in [-0.39, 0.29) is 24.5 Å². The Kier molecular flexibility index (Phi) is 6.21. The second-order valence-corrected chi connectivity index (χ2v) is 7.13. The summed E-state index contributed by atoms with van der Waals surface area (Å²) in [5.74, 6) is 0.506. The largest absolute Gasteiger partial charge is 0.456 e. The molecule has 1 unspecified atom stereocenters. The van der Waals surface area contributed by atoms with Gasteiger partial charge in [-0.15, -0.1) is 0 Å². The minimum Gasteiger partial charge on any atom is -0.456 e. The molecule has 1 saturated heterocycles. The fourth-order valence-corrected chi connectivity index (χ4v) is 3.38. The number of carbonyl (C=O) groups is 2. The molecule has 144 valence electrons. The average molecular weight is 371 g/mol. The number of benzene rings is 1. The van der Waals surface area contributed by atoms with E-state index in [1.54, 1.807) is 23.1 Å². The van der Waals surface area contributed by atoms with Gasteiger partial charge in [0.1, 0.15) is 5.82 Å². The summed E-state index contributed by atoms with van der Waals surface area (Å²) in [4.78, 5) is 44.9. The van der Waals surface area contributed by atoms with Crippen LogP contribution in [0.15, 0.2) is 29.1 Å². The Bertz CT molecular complexity index is 877. The monoisotopic (exact) mass is 371 g/mol. The lowest BCUT2D eigenvalue weighted by Gasteiger charge is -2.30. The Labute approximate surface area is 157 Å². The first-order valence-electron chi connectivity index (χ1n) is 9.44. The van der Waals surface area contributed by atoms with Crippen molar-refractivity contribution in [2.24, 2.45) is 5.92 Å². The van der Waals surface area contributed by atoms with Crippen molar-refractivity contribution in [3.05, 3.63) is 40.4 Å². The Hall–Kier alpha value is -2.70. The maximum Gasteiger partial charge on any atom is 0.306 e. The molecular formula is C20H25N3O4. The SMILES string of the molecule is CC1CCCN(C(=O)COC(=O)CCCc2nc3ccccc3c(=O)[nH]2)C1. The van der Waals surface area contributed by atoms with Crippen molar-refractivity contribution in [1.29, 1.82) is 0 Å². The molecule has 2 heterocycles. The number of ether oxygens (including phenoxy) is 1. The molecule has 7 heteroatoms. The highest BCUT2D eigenvalue weighted by molar-refractivity contribution is 5.80. The number of fused-ring (bicyclic) bond motifs is 1. The van der Waals surface area contributed by atoms with E-state index in [2.05, 4.69) is 16.9 Å². The van der Waals surface area contributed by atoms with Crippen LogP contribution >= 0.6 is 0 Å². The molecule has 3 rings (SSSR count). The molecule has 0 bridgehead atoms. The summed E-state index contributed by atoms with van der Waals surface area (Å²) >= 11 is 0. The first-order valence-corrected chi connectivity index (χ1v) is 9.44. The number of hydrogen-bond donors (Lipinski definition) is 1. The number of H-pyrrole nitrogens is 1. The lowest BCUT2D eigenvalue weighted by Crippen LogP contribution is -2.41. The summed E-state index contributed by atoms with van der Waals surface area (Å²) in [7, 11) is 0. The van der Waals surface area contributed by atoms with Gasteiger partial charge in [-0.3, -0.25) is 14.4 Å². The molecule has 2 aromatic rings. The third kappa shape index (κ3) is 5.15. The quantitative estimate of drug-likeness (QED) is 0.785. The minimum absolute atomic E-state index is 0.129. The number of rotatable bonds is 6. The molecule has 0 aliphatic carbocycles. The molecular weight excluding hydrogens is 346 g/mol. The number of esters is 1. The molecule has 1 amide bonds. The van der Waals surface area contributed by atoms with Gasteiger partial charge in [-0.2, -0.15) is 0 Å². The number of likely N-dealkylation sites (tertiary alicyclic amines) is 1. The van der Waals surface area contributed by atoms with E-state index in [1.807, 2.05) is 6.07 Å². The molecule has 7 nitrogen and oxygen atoms in total. The first-order chi connectivity index (χ1) is 13.0. The van der Waals surface area contributed by atoms with Crippen LogP contribution in [0.25, 0.3) is 10.9 Å². The van der Waals surface area contributed by atoms with Gasteiger partial charge >= 0.3 is 5.97 Å². The fraction of sp³-hybridized carbons (Fsp3) is 0.500. The fourth-order valence-electron chi connectivity index (χ4n) is 3.38. The van der Waals surface area contributed by atoms with Gasteiger partial charge in [0.25, 0.3) is 11.5 Å². The van der Waals surface area contributed by atoms with Crippen molar-refractivity contribution in [3.63, 3.8) is 0 Å². The molecule has 0 spiro atoms. The van der Waals surface area contributed by atoms with Gasteiger partial charge in [-0.25, -0.2) is 4.98 Å². The summed E-state index contributed by atoms with van der Waals surface area (Å²) in [5, 5.41) is 0.547. The predicted molar refractivity (Wildman–Crippen MR) is 101 cm³/mol. The third-order valence-electron chi connectivity index (χ3n) is 4.82. The first kappa shape index (κ1) is 19.1. The topological polar surface area (TPSA) is 92.4 Å². The van der Waals surface area contributed by atoms with Gasteiger partial charge in [-0.1, -0.05) is 19.1 Å². The van der Waals surface area contributed by atoms with Crippen molar-refractivity contribution in [2.75, 3.05) is 19.7 Å². The molecule has 0 radical (unpaired) electrons. The summed E-state index contributed by atoms with van der Waals surface area (Å²) in [6.45, 7) is 3.40. The van der Waals surface area contributed by atoms with Crippen LogP contribution in [0.4, 0.5) is 0 Å². The van der Waals surface area contributed by atoms with E-state index < -0.39 is 5.97 Å². The van der Waals surface area contributed by atoms with Crippen LogP contribution in [0.1, 0.15) is 38.4 Å². The van der Waals surface area contributed by atoms with Gasteiger partial charge in [0, 0.05) is 25.9 Å². The highest BCUT2D eigenvalue weighted by Crippen LogP contribution is 2.15. The van der Waals surface area contributed by atoms with Crippen LogP contribution in [0.5, 0.6) is 0 Å². The Morgan fingerprint density at radius 2 is 2.15 bits per heavy atom. The zero-order chi connectivity index (χ0) is 19.2. The van der Waals surface area contributed by atoms with Crippen LogP contribution in [0, 0.1) is 5.92 Å². The normalized spacial score (nSPS) is 17.1. The van der Waals surface area contributed by atoms with E-state index >= 15 is 0 Å². The van der Waals surface area contributed by atoms with E-state index in [1.165, 1.54) is 0 Å². The number of aromatic nitrogens is 2. The highest BCUT2D eigenvalue weighted by Gasteiger charge is 2.21. The summed E-state index contributed by atoms with van der Waals surface area (Å²) in [6.07, 6.45) is 3.27. The predicted octanol–water partition coefficient (Wildman–Crippen LogP) is 2.05. The molecule has 1 N–H and O–H groups in total. The van der Waals surface area contributed by atoms with Crippen LogP contribution in [0.2, 0.25) is 0 Å². The maximum absolute atomic E-state index is 12.1. The second kappa shape index (κ2) is 8.79. The van der Waals surface area contributed by atoms with Crippen molar-refractivity contribution < 1.29 is 14.3 Å². The zero-order valence-corrected chi connectivity index (χ0v) is 15.6. The molecule has 0 saturated carbocycles. The summed E-state index contributed by atoms with van der Waals surface area (Å²) in [6, 6.07) is 7.13. The number of aromatic amines is 1. The van der Waals surface area contributed by atoms with Crippen LogP contribution < -0.4 is 5.56 Å². The second-order valence-electron chi connectivity index (χ2n) is 7.13.